The van der Waals surface area contributed by atoms with Crippen LogP contribution in [0, 0.1) is 13.8 Å². The van der Waals surface area contributed by atoms with Crippen molar-refractivity contribution in [3.8, 4) is 0 Å². The maximum Gasteiger partial charge on any atom is 2.00 e. The van der Waals surface area contributed by atoms with Crippen LogP contribution in [-0.4, -0.2) is 36.6 Å². The number of rotatable bonds is 2. The molecule has 0 bridgehead atoms. The van der Waals surface area contributed by atoms with Gasteiger partial charge in [0.2, 0.25) is 0 Å². The molecular formula is C23H38O3Ti. The van der Waals surface area contributed by atoms with Crippen molar-refractivity contribution < 1.29 is 37.0 Å². The maximum absolute atomic E-state index is 7.00. The molecule has 0 amide bonds. The van der Waals surface area contributed by atoms with Gasteiger partial charge in [-0.3, -0.25) is 0 Å². The van der Waals surface area contributed by atoms with Gasteiger partial charge in [-0.05, 0) is 0 Å². The molecule has 0 saturated heterocycles. The monoisotopic (exact) mass is 410 g/mol. The molecule has 0 unspecified atom stereocenters. The van der Waals surface area contributed by atoms with Gasteiger partial charge in [0, 0.05) is 21.3 Å². The van der Waals surface area contributed by atoms with Crippen molar-refractivity contribution in [2.45, 2.75) is 38.5 Å². The summed E-state index contributed by atoms with van der Waals surface area (Å²) in [4.78, 5) is 0. The first kappa shape index (κ1) is 33.6. The molecule has 3 nitrogen and oxygen atoms in total. The summed E-state index contributed by atoms with van der Waals surface area (Å²) in [7, 11) is 3.00. The third kappa shape index (κ3) is 18.2. The van der Waals surface area contributed by atoms with Gasteiger partial charge in [0.15, 0.2) is 0 Å². The Morgan fingerprint density at radius 2 is 0.704 bits per heavy atom. The smallest absolute Gasteiger partial charge is 0.400 e. The van der Waals surface area contributed by atoms with E-state index in [-0.39, 0.29) is 32.5 Å². The molecule has 0 saturated carbocycles. The molecule has 0 spiro atoms. The third-order valence-electron chi connectivity index (χ3n) is 3.11. The first-order valence-corrected chi connectivity index (χ1v) is 8.37. The molecule has 2 rings (SSSR count). The normalized spacial score (nSPS) is 9.19. The number of benzene rings is 2. The second kappa shape index (κ2) is 19.8. The van der Waals surface area contributed by atoms with Gasteiger partial charge in [-0.15, -0.1) is 10.8 Å². The van der Waals surface area contributed by atoms with E-state index in [1.54, 1.807) is 0 Å². The zero-order valence-corrected chi connectivity index (χ0v) is 19.6. The van der Waals surface area contributed by atoms with E-state index < -0.39 is 0 Å². The summed E-state index contributed by atoms with van der Waals surface area (Å²) >= 11 is 0. The van der Waals surface area contributed by atoms with Crippen LogP contribution in [0.3, 0.4) is 0 Å². The van der Waals surface area contributed by atoms with Gasteiger partial charge in [-0.25, -0.2) is 0 Å². The average molecular weight is 410 g/mol. The van der Waals surface area contributed by atoms with E-state index in [1.807, 2.05) is 36.4 Å². The van der Waals surface area contributed by atoms with Crippen LogP contribution in [0.4, 0.5) is 0 Å². The van der Waals surface area contributed by atoms with Crippen molar-refractivity contribution in [1.82, 2.24) is 0 Å². The van der Waals surface area contributed by atoms with Crippen LogP contribution in [0.25, 0.3) is 0 Å². The Kier molecular flexibility index (Phi) is 24.6. The SMILES string of the molecule is CO.CO.CO.[CH2-]C(C)(C)c1ccccc1.[CH2-]C(C)(C)c1ccccc1.[Ti+2]. The number of hydrogen-bond acceptors (Lipinski definition) is 3. The summed E-state index contributed by atoms with van der Waals surface area (Å²) in [5.74, 6) is 0. The van der Waals surface area contributed by atoms with Gasteiger partial charge in [0.05, 0.1) is 0 Å². The standard InChI is InChI=1S/2C10H13.3CH4O.Ti/c2*1-10(2,3)9-7-5-4-6-8-9;3*1-2;/h2*4-8H,1H2,2-3H3;3*2H,1H3;/q2*-1;;;;+2. The minimum atomic E-state index is 0. The topological polar surface area (TPSA) is 60.7 Å². The molecule has 0 atom stereocenters. The van der Waals surface area contributed by atoms with Crippen LogP contribution in [0.15, 0.2) is 60.7 Å². The number of aliphatic hydroxyl groups is 3. The van der Waals surface area contributed by atoms with Gasteiger partial charge in [-0.1, -0.05) is 99.5 Å². The fourth-order valence-corrected chi connectivity index (χ4v) is 1.78. The Labute approximate surface area is 182 Å². The first-order valence-electron chi connectivity index (χ1n) is 8.37. The number of hydrogen-bond donors (Lipinski definition) is 3. The fraction of sp³-hybridized carbons (Fsp3) is 0.391. The van der Waals surface area contributed by atoms with Crippen molar-refractivity contribution in [2.75, 3.05) is 21.3 Å². The summed E-state index contributed by atoms with van der Waals surface area (Å²) in [5, 5.41) is 21.0. The second-order valence-electron chi connectivity index (χ2n) is 6.50. The molecule has 2 aromatic carbocycles. The average Bonchev–Trinajstić information content (AvgIpc) is 2.67. The molecule has 2 aromatic rings. The molecule has 0 aliphatic heterocycles. The van der Waals surface area contributed by atoms with Gasteiger partial charge in [0.1, 0.15) is 0 Å². The fourth-order valence-electron chi connectivity index (χ4n) is 1.78. The molecule has 0 heterocycles. The zero-order chi connectivity index (χ0) is 21.2. The maximum atomic E-state index is 7.00. The van der Waals surface area contributed by atoms with Crippen molar-refractivity contribution in [2.24, 2.45) is 0 Å². The van der Waals surface area contributed by atoms with Crippen molar-refractivity contribution in [1.29, 1.82) is 0 Å². The summed E-state index contributed by atoms with van der Waals surface area (Å²) in [6.07, 6.45) is 0. The Morgan fingerprint density at radius 1 is 0.519 bits per heavy atom. The molecule has 3 N–H and O–H groups in total. The van der Waals surface area contributed by atoms with Gasteiger partial charge < -0.3 is 29.2 Å². The Hall–Kier alpha value is -0.966. The second-order valence-corrected chi connectivity index (χ2v) is 6.50. The van der Waals surface area contributed by atoms with Crippen LogP contribution in [0.5, 0.6) is 0 Å². The predicted octanol–water partition coefficient (Wildman–Crippen LogP) is 4.42. The van der Waals surface area contributed by atoms with E-state index in [4.69, 9.17) is 15.3 Å². The molecule has 152 valence electrons. The molecule has 4 heteroatoms. The Morgan fingerprint density at radius 3 is 0.815 bits per heavy atom. The van der Waals surface area contributed by atoms with Crippen molar-refractivity contribution in [3.05, 3.63) is 85.6 Å². The summed E-state index contributed by atoms with van der Waals surface area (Å²) < 4.78 is 0. The van der Waals surface area contributed by atoms with Gasteiger partial charge in [-0.2, -0.15) is 0 Å². The number of aliphatic hydroxyl groups excluding tert-OH is 3. The van der Waals surface area contributed by atoms with E-state index in [9.17, 15) is 0 Å². The third-order valence-corrected chi connectivity index (χ3v) is 3.11. The van der Waals surface area contributed by atoms with Gasteiger partial charge in [0.25, 0.3) is 0 Å². The van der Waals surface area contributed by atoms with Crippen LogP contribution in [0.1, 0.15) is 38.8 Å². The van der Waals surface area contributed by atoms with Crippen molar-refractivity contribution in [3.63, 3.8) is 0 Å². The van der Waals surface area contributed by atoms with E-state index in [0.717, 1.165) is 21.3 Å². The van der Waals surface area contributed by atoms with E-state index >= 15 is 0 Å². The minimum absolute atomic E-state index is 0. The first-order chi connectivity index (χ1) is 12.2. The van der Waals surface area contributed by atoms with Crippen LogP contribution in [0.2, 0.25) is 0 Å². The van der Waals surface area contributed by atoms with Crippen LogP contribution in [-0.2, 0) is 32.5 Å². The molecular weight excluding hydrogens is 372 g/mol. The molecule has 0 aliphatic carbocycles. The van der Waals surface area contributed by atoms with E-state index in [2.05, 4.69) is 65.8 Å². The van der Waals surface area contributed by atoms with Crippen LogP contribution < -0.4 is 0 Å². The molecule has 0 fully saturated rings. The molecule has 0 radical (unpaired) electrons. The van der Waals surface area contributed by atoms with Gasteiger partial charge >= 0.3 is 21.7 Å². The summed E-state index contributed by atoms with van der Waals surface area (Å²) in [6, 6.07) is 20.6. The minimum Gasteiger partial charge on any atom is -0.400 e. The molecule has 27 heavy (non-hydrogen) atoms. The Balaban J connectivity index is -0.000000149. The van der Waals surface area contributed by atoms with E-state index in [1.165, 1.54) is 11.1 Å². The molecule has 0 aliphatic rings. The quantitative estimate of drug-likeness (QED) is 0.507. The predicted molar refractivity (Wildman–Crippen MR) is 114 cm³/mol. The summed E-state index contributed by atoms with van der Waals surface area (Å²) in [5.41, 5.74) is 2.66. The molecule has 0 aromatic heterocycles. The largest absolute Gasteiger partial charge is 2.00 e. The van der Waals surface area contributed by atoms with Crippen LogP contribution >= 0.6 is 0 Å². The Bertz CT molecular complexity index is 451. The summed E-state index contributed by atoms with van der Waals surface area (Å²) in [6.45, 7) is 16.5. The van der Waals surface area contributed by atoms with Crippen molar-refractivity contribution >= 4 is 0 Å². The zero-order valence-electron chi connectivity index (χ0n) is 18.0. The van der Waals surface area contributed by atoms with E-state index in [0.29, 0.717) is 0 Å².